The summed E-state index contributed by atoms with van der Waals surface area (Å²) in [5, 5.41) is 0. The van der Waals surface area contributed by atoms with E-state index in [4.69, 9.17) is 0 Å². The van der Waals surface area contributed by atoms with Crippen molar-refractivity contribution in [3.05, 3.63) is 35.4 Å². The lowest BCUT2D eigenvalue weighted by Gasteiger charge is -2.44. The van der Waals surface area contributed by atoms with E-state index in [-0.39, 0.29) is 17.0 Å². The lowest BCUT2D eigenvalue weighted by atomic mass is 10.1. The molecular formula is C17H27BrN2O. The number of hydrogen-bond donors (Lipinski definition) is 0. The maximum absolute atomic E-state index is 11.8. The Hall–Kier alpha value is -0.870. The van der Waals surface area contributed by atoms with Gasteiger partial charge >= 0.3 is 0 Å². The molecule has 1 aromatic carbocycles. The average molecular weight is 355 g/mol. The molecule has 0 atom stereocenters. The number of halogens is 1. The fraction of sp³-hybridized carbons (Fsp3) is 0.588. The van der Waals surface area contributed by atoms with Crippen LogP contribution in [0, 0.1) is 6.92 Å². The molecule has 0 unspecified atom stereocenters. The third-order valence-corrected chi connectivity index (χ3v) is 4.61. The van der Waals surface area contributed by atoms with Gasteiger partial charge in [-0.05, 0) is 13.8 Å². The van der Waals surface area contributed by atoms with Crippen LogP contribution in [0.15, 0.2) is 24.3 Å². The quantitative estimate of drug-likeness (QED) is 0.673. The minimum absolute atomic E-state index is 0. The molecule has 4 heteroatoms. The summed E-state index contributed by atoms with van der Waals surface area (Å²) in [4.78, 5) is 13.8. The summed E-state index contributed by atoms with van der Waals surface area (Å²) < 4.78 is 1.11. The van der Waals surface area contributed by atoms with Gasteiger partial charge in [0.1, 0.15) is 6.54 Å². The van der Waals surface area contributed by atoms with Crippen LogP contribution in [0.4, 0.5) is 0 Å². The fourth-order valence-electron chi connectivity index (χ4n) is 3.15. The summed E-state index contributed by atoms with van der Waals surface area (Å²) in [6.45, 7) is 12.6. The van der Waals surface area contributed by atoms with Gasteiger partial charge in [0.15, 0.2) is 0 Å². The monoisotopic (exact) mass is 354 g/mol. The maximum atomic E-state index is 11.8. The van der Waals surface area contributed by atoms with Crippen molar-refractivity contribution in [3.8, 4) is 0 Å². The minimum atomic E-state index is 0. The predicted octanol–water partition coefficient (Wildman–Crippen LogP) is -0.412. The molecule has 0 radical (unpaired) electrons. The van der Waals surface area contributed by atoms with E-state index in [1.807, 2.05) is 11.8 Å². The molecule has 1 aromatic rings. The third-order valence-electron chi connectivity index (χ3n) is 4.61. The Bertz CT molecular complexity index is 468. The van der Waals surface area contributed by atoms with Crippen molar-refractivity contribution >= 4 is 5.91 Å². The summed E-state index contributed by atoms with van der Waals surface area (Å²) in [6.07, 6.45) is 0.629. The zero-order valence-corrected chi connectivity index (χ0v) is 15.0. The van der Waals surface area contributed by atoms with Crippen molar-refractivity contribution in [2.45, 2.75) is 33.7 Å². The molecule has 1 heterocycles. The van der Waals surface area contributed by atoms with Crippen molar-refractivity contribution in [1.29, 1.82) is 0 Å². The molecular weight excluding hydrogens is 328 g/mol. The normalized spacial score (nSPS) is 17.2. The van der Waals surface area contributed by atoms with Crippen molar-refractivity contribution in [1.82, 2.24) is 4.90 Å². The van der Waals surface area contributed by atoms with E-state index < -0.39 is 0 Å². The average Bonchev–Trinajstić information content (AvgIpc) is 2.47. The number of carbonyl (C=O) groups excluding carboxylic acids is 1. The van der Waals surface area contributed by atoms with Crippen LogP contribution < -0.4 is 17.0 Å². The Morgan fingerprint density at radius 2 is 1.90 bits per heavy atom. The third kappa shape index (κ3) is 4.55. The molecule has 118 valence electrons. The number of quaternary nitrogens is 1. The summed E-state index contributed by atoms with van der Waals surface area (Å²) >= 11 is 0. The van der Waals surface area contributed by atoms with Gasteiger partial charge in [-0.3, -0.25) is 4.79 Å². The van der Waals surface area contributed by atoms with Crippen LogP contribution in [0.1, 0.15) is 31.4 Å². The number of benzene rings is 1. The van der Waals surface area contributed by atoms with Gasteiger partial charge in [0, 0.05) is 12.0 Å². The van der Waals surface area contributed by atoms with E-state index in [9.17, 15) is 4.79 Å². The van der Waals surface area contributed by atoms with Gasteiger partial charge in [0.05, 0.1) is 32.7 Å². The molecule has 0 aromatic heterocycles. The number of nitrogens with zero attached hydrogens (tertiary/aromatic N) is 2. The van der Waals surface area contributed by atoms with Gasteiger partial charge in [-0.1, -0.05) is 36.8 Å². The molecule has 1 fully saturated rings. The standard InChI is InChI=1S/C17H27N2O.BrH/c1-4-17(20)18-9-11-19(5-2,12-10-18)14-16-8-6-7-15(3)13-16;/h6-8,13H,4-5,9-12,14H2,1-3H3;1H/q+1;/p-1. The first kappa shape index (κ1) is 18.2. The van der Waals surface area contributed by atoms with Crippen LogP contribution >= 0.6 is 0 Å². The van der Waals surface area contributed by atoms with Crippen LogP contribution in [-0.4, -0.2) is 48.0 Å². The molecule has 1 aliphatic rings. The number of likely N-dealkylation sites (N-methyl/N-ethyl adjacent to an activating group) is 1. The smallest absolute Gasteiger partial charge is 0.222 e. The van der Waals surface area contributed by atoms with Gasteiger partial charge in [-0.2, -0.15) is 0 Å². The van der Waals surface area contributed by atoms with Crippen LogP contribution in [0.5, 0.6) is 0 Å². The zero-order valence-electron chi connectivity index (χ0n) is 13.4. The van der Waals surface area contributed by atoms with Crippen LogP contribution in [0.25, 0.3) is 0 Å². The summed E-state index contributed by atoms with van der Waals surface area (Å²) in [5.74, 6) is 0.300. The van der Waals surface area contributed by atoms with Gasteiger partial charge in [0.2, 0.25) is 5.91 Å². The second-order valence-electron chi connectivity index (χ2n) is 5.99. The molecule has 2 rings (SSSR count). The van der Waals surface area contributed by atoms with Crippen molar-refractivity contribution < 1.29 is 26.3 Å². The lowest BCUT2D eigenvalue weighted by Crippen LogP contribution is -3.00. The highest BCUT2D eigenvalue weighted by molar-refractivity contribution is 5.75. The number of rotatable bonds is 4. The van der Waals surface area contributed by atoms with Gasteiger partial charge in [0.25, 0.3) is 0 Å². The van der Waals surface area contributed by atoms with Crippen LogP contribution in [0.3, 0.4) is 0 Å². The first-order valence-corrected chi connectivity index (χ1v) is 7.77. The molecule has 0 spiro atoms. The molecule has 1 saturated heterocycles. The summed E-state index contributed by atoms with van der Waals surface area (Å²) in [7, 11) is 0. The highest BCUT2D eigenvalue weighted by Crippen LogP contribution is 2.19. The van der Waals surface area contributed by atoms with Crippen LogP contribution in [-0.2, 0) is 11.3 Å². The number of amides is 1. The van der Waals surface area contributed by atoms with Crippen molar-refractivity contribution in [2.75, 3.05) is 32.7 Å². The number of hydrogen-bond acceptors (Lipinski definition) is 1. The van der Waals surface area contributed by atoms with E-state index in [0.29, 0.717) is 12.3 Å². The van der Waals surface area contributed by atoms with Crippen molar-refractivity contribution in [3.63, 3.8) is 0 Å². The number of piperazine rings is 1. The minimum Gasteiger partial charge on any atom is -1.00 e. The first-order chi connectivity index (χ1) is 9.58. The highest BCUT2D eigenvalue weighted by atomic mass is 79.9. The first-order valence-electron chi connectivity index (χ1n) is 7.77. The zero-order chi connectivity index (χ0) is 14.6. The molecule has 21 heavy (non-hydrogen) atoms. The van der Waals surface area contributed by atoms with Gasteiger partial charge in [-0.25, -0.2) is 0 Å². The van der Waals surface area contributed by atoms with E-state index in [1.54, 1.807) is 0 Å². The molecule has 1 amide bonds. The van der Waals surface area contributed by atoms with Crippen LogP contribution in [0.2, 0.25) is 0 Å². The second kappa shape index (κ2) is 7.95. The van der Waals surface area contributed by atoms with Crippen molar-refractivity contribution in [2.24, 2.45) is 0 Å². The molecule has 3 nitrogen and oxygen atoms in total. The van der Waals surface area contributed by atoms with Gasteiger partial charge in [-0.15, -0.1) is 0 Å². The topological polar surface area (TPSA) is 20.3 Å². The molecule has 0 bridgehead atoms. The molecule has 1 aliphatic heterocycles. The molecule has 0 saturated carbocycles. The molecule has 0 N–H and O–H groups in total. The SMILES string of the molecule is CCC(=O)N1CC[N+](CC)(Cc2cccc(C)c2)CC1.[Br-]. The Morgan fingerprint density at radius 3 is 2.43 bits per heavy atom. The summed E-state index contributed by atoms with van der Waals surface area (Å²) in [6, 6.07) is 8.82. The van der Waals surface area contributed by atoms with E-state index >= 15 is 0 Å². The fourth-order valence-corrected chi connectivity index (χ4v) is 3.15. The highest BCUT2D eigenvalue weighted by Gasteiger charge is 2.32. The number of aryl methyl sites for hydroxylation is 1. The number of carbonyl (C=O) groups is 1. The Kier molecular flexibility index (Phi) is 6.88. The molecule has 0 aliphatic carbocycles. The Morgan fingerprint density at radius 1 is 1.24 bits per heavy atom. The maximum Gasteiger partial charge on any atom is 0.222 e. The lowest BCUT2D eigenvalue weighted by molar-refractivity contribution is -0.942. The summed E-state index contributed by atoms with van der Waals surface area (Å²) in [5.41, 5.74) is 2.75. The largest absolute Gasteiger partial charge is 1.00 e. The van der Waals surface area contributed by atoms with Gasteiger partial charge < -0.3 is 26.4 Å². The Balaban J connectivity index is 0.00000220. The van der Waals surface area contributed by atoms with E-state index in [0.717, 1.165) is 43.8 Å². The second-order valence-corrected chi connectivity index (χ2v) is 5.99. The Labute approximate surface area is 139 Å². The predicted molar refractivity (Wildman–Crippen MR) is 82.3 cm³/mol. The van der Waals surface area contributed by atoms with E-state index in [1.165, 1.54) is 11.1 Å². The van der Waals surface area contributed by atoms with E-state index in [2.05, 4.69) is 38.1 Å².